The number of hydrogen-bond donors (Lipinski definition) is 1. The van der Waals surface area contributed by atoms with Gasteiger partial charge in [0.1, 0.15) is 0 Å². The van der Waals surface area contributed by atoms with Crippen LogP contribution in [0.15, 0.2) is 18.2 Å². The molecule has 1 heterocycles. The third-order valence-corrected chi connectivity index (χ3v) is 5.14. The van der Waals surface area contributed by atoms with Gasteiger partial charge in [0.25, 0.3) is 0 Å². The summed E-state index contributed by atoms with van der Waals surface area (Å²) in [6.07, 6.45) is 1.19. The standard InChI is InChI=1S/C17H26Cl2N2/c1-5-12(2)16-9-20-17(3,4)11-21(16)10-13-8-14(18)6-7-15(13)19/h6-8,12,16,20H,5,9-11H2,1-4H3. The van der Waals surface area contributed by atoms with Crippen LogP contribution in [0.2, 0.25) is 10.0 Å². The van der Waals surface area contributed by atoms with Crippen molar-refractivity contribution in [1.29, 1.82) is 0 Å². The fraction of sp³-hybridized carbons (Fsp3) is 0.647. The molecule has 1 aliphatic heterocycles. The lowest BCUT2D eigenvalue weighted by Gasteiger charge is -2.47. The van der Waals surface area contributed by atoms with E-state index in [0.717, 1.165) is 35.2 Å². The van der Waals surface area contributed by atoms with Gasteiger partial charge in [-0.2, -0.15) is 0 Å². The van der Waals surface area contributed by atoms with Gasteiger partial charge in [-0.05, 0) is 43.5 Å². The molecular weight excluding hydrogens is 303 g/mol. The van der Waals surface area contributed by atoms with Crippen molar-refractivity contribution < 1.29 is 0 Å². The molecule has 0 spiro atoms. The zero-order valence-corrected chi connectivity index (χ0v) is 14.9. The van der Waals surface area contributed by atoms with Crippen LogP contribution in [0.25, 0.3) is 0 Å². The van der Waals surface area contributed by atoms with Crippen LogP contribution in [-0.4, -0.2) is 29.6 Å². The number of nitrogens with one attached hydrogen (secondary N) is 1. The van der Waals surface area contributed by atoms with E-state index in [1.165, 1.54) is 6.42 Å². The minimum Gasteiger partial charge on any atom is -0.309 e. The summed E-state index contributed by atoms with van der Waals surface area (Å²) in [6.45, 7) is 12.0. The molecule has 1 fully saturated rings. The second kappa shape index (κ2) is 6.87. The van der Waals surface area contributed by atoms with Gasteiger partial charge < -0.3 is 5.32 Å². The molecule has 0 radical (unpaired) electrons. The number of rotatable bonds is 4. The Hall–Kier alpha value is -0.280. The Bertz CT molecular complexity index is 488. The maximum atomic E-state index is 6.35. The molecular formula is C17H26Cl2N2. The predicted molar refractivity (Wildman–Crippen MR) is 92.2 cm³/mol. The smallest absolute Gasteiger partial charge is 0.0452 e. The zero-order chi connectivity index (χ0) is 15.6. The van der Waals surface area contributed by atoms with E-state index in [1.807, 2.05) is 18.2 Å². The molecule has 1 aromatic carbocycles. The summed E-state index contributed by atoms with van der Waals surface area (Å²) in [6, 6.07) is 6.27. The Morgan fingerprint density at radius 1 is 1.38 bits per heavy atom. The molecule has 1 N–H and O–H groups in total. The van der Waals surface area contributed by atoms with Gasteiger partial charge >= 0.3 is 0 Å². The molecule has 118 valence electrons. The molecule has 21 heavy (non-hydrogen) atoms. The number of nitrogens with zero attached hydrogens (tertiary/aromatic N) is 1. The highest BCUT2D eigenvalue weighted by atomic mass is 35.5. The van der Waals surface area contributed by atoms with E-state index < -0.39 is 0 Å². The van der Waals surface area contributed by atoms with Crippen LogP contribution < -0.4 is 5.32 Å². The molecule has 0 bridgehead atoms. The Morgan fingerprint density at radius 3 is 2.76 bits per heavy atom. The van der Waals surface area contributed by atoms with Crippen molar-refractivity contribution in [3.05, 3.63) is 33.8 Å². The summed E-state index contributed by atoms with van der Waals surface area (Å²) >= 11 is 12.5. The Balaban J connectivity index is 2.21. The fourth-order valence-corrected chi connectivity index (χ4v) is 3.45. The van der Waals surface area contributed by atoms with Gasteiger partial charge in [-0.3, -0.25) is 4.90 Å². The van der Waals surface area contributed by atoms with E-state index in [2.05, 4.69) is 37.9 Å². The van der Waals surface area contributed by atoms with Crippen molar-refractivity contribution in [3.8, 4) is 0 Å². The number of benzene rings is 1. The number of hydrogen-bond acceptors (Lipinski definition) is 2. The van der Waals surface area contributed by atoms with Gasteiger partial charge in [-0.25, -0.2) is 0 Å². The van der Waals surface area contributed by atoms with Crippen molar-refractivity contribution in [1.82, 2.24) is 10.2 Å². The summed E-state index contributed by atoms with van der Waals surface area (Å²) in [4.78, 5) is 2.56. The summed E-state index contributed by atoms with van der Waals surface area (Å²) in [7, 11) is 0. The minimum atomic E-state index is 0.134. The molecule has 0 amide bonds. The largest absolute Gasteiger partial charge is 0.309 e. The molecule has 4 heteroatoms. The molecule has 2 unspecified atom stereocenters. The first-order valence-electron chi connectivity index (χ1n) is 7.75. The molecule has 2 rings (SSSR count). The predicted octanol–water partition coefficient (Wildman–Crippen LogP) is 4.59. The monoisotopic (exact) mass is 328 g/mol. The van der Waals surface area contributed by atoms with Gasteiger partial charge in [-0.15, -0.1) is 0 Å². The summed E-state index contributed by atoms with van der Waals surface area (Å²) in [5.74, 6) is 0.659. The van der Waals surface area contributed by atoms with Crippen molar-refractivity contribution >= 4 is 23.2 Å². The van der Waals surface area contributed by atoms with Gasteiger partial charge in [-0.1, -0.05) is 43.5 Å². The molecule has 0 saturated carbocycles. The summed E-state index contributed by atoms with van der Waals surface area (Å²) < 4.78 is 0. The van der Waals surface area contributed by atoms with E-state index in [0.29, 0.717) is 12.0 Å². The first kappa shape index (κ1) is 17.1. The zero-order valence-electron chi connectivity index (χ0n) is 13.4. The van der Waals surface area contributed by atoms with Crippen LogP contribution in [0.3, 0.4) is 0 Å². The fourth-order valence-electron chi connectivity index (χ4n) is 3.08. The lowest BCUT2D eigenvalue weighted by Crippen LogP contribution is -2.62. The minimum absolute atomic E-state index is 0.134. The lowest BCUT2D eigenvalue weighted by molar-refractivity contribution is 0.0571. The highest BCUT2D eigenvalue weighted by Gasteiger charge is 2.34. The van der Waals surface area contributed by atoms with E-state index in [4.69, 9.17) is 23.2 Å². The first-order chi connectivity index (χ1) is 9.82. The van der Waals surface area contributed by atoms with Crippen molar-refractivity contribution in [2.75, 3.05) is 13.1 Å². The van der Waals surface area contributed by atoms with E-state index in [-0.39, 0.29) is 5.54 Å². The van der Waals surface area contributed by atoms with Crippen LogP contribution in [0.1, 0.15) is 39.7 Å². The third-order valence-electron chi connectivity index (χ3n) is 4.54. The SMILES string of the molecule is CCC(C)C1CNC(C)(C)CN1Cc1cc(Cl)ccc1Cl. The number of halogens is 2. The molecule has 0 aliphatic carbocycles. The summed E-state index contributed by atoms with van der Waals surface area (Å²) in [5, 5.41) is 5.22. The van der Waals surface area contributed by atoms with E-state index >= 15 is 0 Å². The van der Waals surface area contributed by atoms with Crippen LogP contribution in [0.4, 0.5) is 0 Å². The Kier molecular flexibility index (Phi) is 5.59. The van der Waals surface area contributed by atoms with Crippen molar-refractivity contribution in [2.24, 2.45) is 5.92 Å². The maximum absolute atomic E-state index is 6.35. The lowest BCUT2D eigenvalue weighted by atomic mass is 9.90. The van der Waals surface area contributed by atoms with Crippen LogP contribution in [-0.2, 0) is 6.54 Å². The van der Waals surface area contributed by atoms with Crippen LogP contribution in [0, 0.1) is 5.92 Å². The highest BCUT2D eigenvalue weighted by Crippen LogP contribution is 2.27. The maximum Gasteiger partial charge on any atom is 0.0452 e. The second-order valence-corrected chi connectivity index (χ2v) is 7.70. The van der Waals surface area contributed by atoms with Gasteiger partial charge in [0.2, 0.25) is 0 Å². The average molecular weight is 329 g/mol. The van der Waals surface area contributed by atoms with Crippen LogP contribution in [0.5, 0.6) is 0 Å². The Morgan fingerprint density at radius 2 is 2.10 bits per heavy atom. The normalized spacial score (nSPS) is 24.0. The van der Waals surface area contributed by atoms with Gasteiger partial charge in [0.05, 0.1) is 0 Å². The van der Waals surface area contributed by atoms with E-state index in [9.17, 15) is 0 Å². The second-order valence-electron chi connectivity index (χ2n) is 6.86. The van der Waals surface area contributed by atoms with Gasteiger partial charge in [0.15, 0.2) is 0 Å². The molecule has 1 saturated heterocycles. The average Bonchev–Trinajstić information content (AvgIpc) is 2.41. The Labute approximate surface area is 138 Å². The molecule has 1 aromatic rings. The molecule has 2 nitrogen and oxygen atoms in total. The summed E-state index contributed by atoms with van der Waals surface area (Å²) in [5.41, 5.74) is 1.25. The van der Waals surface area contributed by atoms with Gasteiger partial charge in [0, 0.05) is 41.3 Å². The number of piperazine rings is 1. The molecule has 1 aliphatic rings. The quantitative estimate of drug-likeness (QED) is 0.869. The molecule has 2 atom stereocenters. The van der Waals surface area contributed by atoms with E-state index in [1.54, 1.807) is 0 Å². The van der Waals surface area contributed by atoms with Crippen molar-refractivity contribution in [3.63, 3.8) is 0 Å². The first-order valence-corrected chi connectivity index (χ1v) is 8.51. The van der Waals surface area contributed by atoms with Crippen LogP contribution >= 0.6 is 23.2 Å². The topological polar surface area (TPSA) is 15.3 Å². The molecule has 0 aromatic heterocycles. The highest BCUT2D eigenvalue weighted by molar-refractivity contribution is 6.33. The van der Waals surface area contributed by atoms with Crippen molar-refractivity contribution in [2.45, 2.75) is 52.2 Å². The third kappa shape index (κ3) is 4.35.